The Kier molecular flexibility index (Phi) is 4.37. The van der Waals surface area contributed by atoms with E-state index < -0.39 is 22.9 Å². The summed E-state index contributed by atoms with van der Waals surface area (Å²) in [5.41, 5.74) is -0.278. The van der Waals surface area contributed by atoms with Crippen LogP contribution in [0.25, 0.3) is 0 Å². The van der Waals surface area contributed by atoms with Crippen LogP contribution < -0.4 is 0 Å². The van der Waals surface area contributed by atoms with E-state index in [9.17, 15) is 24.6 Å². The van der Waals surface area contributed by atoms with Crippen LogP contribution in [0.3, 0.4) is 0 Å². The first-order valence-electron chi connectivity index (χ1n) is 10.4. The normalized spacial score (nSPS) is 44.8. The maximum atomic E-state index is 12.8. The first-order valence-corrected chi connectivity index (χ1v) is 10.4. The first kappa shape index (κ1) is 19.7. The molecule has 0 aromatic carbocycles. The van der Waals surface area contributed by atoms with Crippen molar-refractivity contribution in [3.05, 3.63) is 23.3 Å². The zero-order chi connectivity index (χ0) is 20.5. The van der Waals surface area contributed by atoms with Crippen molar-refractivity contribution in [2.75, 3.05) is 0 Å². The highest BCUT2D eigenvalue weighted by Crippen LogP contribution is 2.65. The number of hydrogen-bond acceptors (Lipinski definition) is 5. The number of aliphatic hydroxyl groups excluding tert-OH is 1. The molecule has 4 aliphatic carbocycles. The monoisotopic (exact) mass is 386 g/mol. The number of carbonyl (C=O) groups is 3. The molecule has 5 heteroatoms. The van der Waals surface area contributed by atoms with Gasteiger partial charge in [-0.1, -0.05) is 31.1 Å². The minimum atomic E-state index is -1.88. The van der Waals surface area contributed by atoms with Crippen molar-refractivity contribution in [1.82, 2.24) is 0 Å². The summed E-state index contributed by atoms with van der Waals surface area (Å²) in [6.45, 7) is 5.45. The number of ketones is 3. The van der Waals surface area contributed by atoms with E-state index in [1.807, 2.05) is 13.0 Å². The van der Waals surface area contributed by atoms with Crippen LogP contribution >= 0.6 is 0 Å². The van der Waals surface area contributed by atoms with E-state index in [0.717, 1.165) is 19.3 Å². The Morgan fingerprint density at radius 3 is 2.64 bits per heavy atom. The van der Waals surface area contributed by atoms with Gasteiger partial charge < -0.3 is 10.2 Å². The van der Waals surface area contributed by atoms with Gasteiger partial charge in [0.15, 0.2) is 17.2 Å². The summed E-state index contributed by atoms with van der Waals surface area (Å²) >= 11 is 0. The third-order valence-electron chi connectivity index (χ3n) is 8.39. The Labute approximate surface area is 165 Å². The van der Waals surface area contributed by atoms with E-state index in [-0.39, 0.29) is 35.2 Å². The Bertz CT molecular complexity index is 823. The number of Topliss-reactive ketones (excluding diaryl/α,β-unsaturated/α-hetero) is 2. The largest absolute Gasteiger partial charge is 0.390 e. The van der Waals surface area contributed by atoms with Crippen LogP contribution in [0.1, 0.15) is 65.7 Å². The van der Waals surface area contributed by atoms with Crippen LogP contribution in [0.2, 0.25) is 0 Å². The van der Waals surface area contributed by atoms with Crippen LogP contribution in [0, 0.1) is 22.7 Å². The van der Waals surface area contributed by atoms with E-state index in [1.54, 1.807) is 0 Å². The molecule has 5 nitrogen and oxygen atoms in total. The molecule has 0 unspecified atom stereocenters. The smallest absolute Gasteiger partial charge is 0.174 e. The van der Waals surface area contributed by atoms with Crippen LogP contribution in [0.4, 0.5) is 0 Å². The molecule has 0 aromatic heterocycles. The highest BCUT2D eigenvalue weighted by atomic mass is 16.4. The fourth-order valence-corrected chi connectivity index (χ4v) is 6.74. The second-order valence-electron chi connectivity index (χ2n) is 9.82. The predicted molar refractivity (Wildman–Crippen MR) is 103 cm³/mol. The van der Waals surface area contributed by atoms with E-state index in [4.69, 9.17) is 0 Å². The van der Waals surface area contributed by atoms with E-state index in [1.165, 1.54) is 18.1 Å². The zero-order valence-corrected chi connectivity index (χ0v) is 17.0. The Hall–Kier alpha value is -1.59. The summed E-state index contributed by atoms with van der Waals surface area (Å²) in [4.78, 5) is 36.3. The molecule has 0 heterocycles. The molecule has 2 saturated carbocycles. The fraction of sp³-hybridized carbons (Fsp3) is 0.696. The van der Waals surface area contributed by atoms with Gasteiger partial charge in [-0.3, -0.25) is 14.4 Å². The highest BCUT2D eigenvalue weighted by Gasteiger charge is 2.68. The molecule has 0 bridgehead atoms. The molecule has 2 N–H and O–H groups in total. The van der Waals surface area contributed by atoms with Gasteiger partial charge in [0.05, 0.1) is 12.5 Å². The quantitative estimate of drug-likeness (QED) is 0.575. The second-order valence-corrected chi connectivity index (χ2v) is 9.82. The first-order chi connectivity index (χ1) is 13.0. The number of rotatable bonds is 3. The van der Waals surface area contributed by atoms with Gasteiger partial charge in [-0.2, -0.15) is 0 Å². The van der Waals surface area contributed by atoms with Crippen LogP contribution in [-0.4, -0.2) is 39.3 Å². The van der Waals surface area contributed by atoms with Crippen LogP contribution in [-0.2, 0) is 14.4 Å². The maximum Gasteiger partial charge on any atom is 0.174 e. The van der Waals surface area contributed by atoms with Gasteiger partial charge in [-0.15, -0.1) is 0 Å². The van der Waals surface area contributed by atoms with E-state index in [0.29, 0.717) is 19.3 Å². The topological polar surface area (TPSA) is 91.7 Å². The van der Waals surface area contributed by atoms with Crippen LogP contribution in [0.5, 0.6) is 0 Å². The van der Waals surface area contributed by atoms with Crippen LogP contribution in [0.15, 0.2) is 23.3 Å². The number of allylic oxidation sites excluding steroid dienone is 4. The zero-order valence-electron chi connectivity index (χ0n) is 17.0. The number of fused-ring (bicyclic) bond motifs is 5. The summed E-state index contributed by atoms with van der Waals surface area (Å²) in [6, 6.07) is 0. The molecule has 0 radical (unpaired) electrons. The minimum absolute atomic E-state index is 0.0144. The number of carbonyl (C=O) groups excluding carboxylic acids is 3. The lowest BCUT2D eigenvalue weighted by Gasteiger charge is -2.54. The van der Waals surface area contributed by atoms with Crippen molar-refractivity contribution < 1.29 is 24.6 Å². The van der Waals surface area contributed by atoms with Gasteiger partial charge in [0.25, 0.3) is 0 Å². The average Bonchev–Trinajstić information content (AvgIpc) is 2.83. The molecule has 2 fully saturated rings. The SMILES string of the molecule is CC(=O)CC(=O)[C@@]1(O)[C@H](O)C[C@H]2[C@@H]3CCC4=CC(=O)CC[C@]4(C)C3=CC[C@@]21C. The predicted octanol–water partition coefficient (Wildman–Crippen LogP) is 2.69. The molecule has 6 atom stereocenters. The maximum absolute atomic E-state index is 12.8. The van der Waals surface area contributed by atoms with Gasteiger partial charge in [0.2, 0.25) is 0 Å². The van der Waals surface area contributed by atoms with Crippen molar-refractivity contribution in [1.29, 1.82) is 0 Å². The van der Waals surface area contributed by atoms with Crippen molar-refractivity contribution in [2.24, 2.45) is 22.7 Å². The molecular weight excluding hydrogens is 356 g/mol. The summed E-state index contributed by atoms with van der Waals surface area (Å²) in [7, 11) is 0. The molecule has 0 spiro atoms. The molecule has 28 heavy (non-hydrogen) atoms. The van der Waals surface area contributed by atoms with Gasteiger partial charge in [-0.25, -0.2) is 0 Å². The van der Waals surface area contributed by atoms with Crippen molar-refractivity contribution >= 4 is 17.3 Å². The van der Waals surface area contributed by atoms with Crippen molar-refractivity contribution in [3.63, 3.8) is 0 Å². The number of aliphatic hydroxyl groups is 2. The number of hydrogen-bond donors (Lipinski definition) is 2. The Morgan fingerprint density at radius 1 is 1.25 bits per heavy atom. The molecule has 0 aromatic rings. The molecular formula is C23H30O5. The molecule has 0 saturated heterocycles. The lowest BCUT2D eigenvalue weighted by molar-refractivity contribution is -0.167. The Morgan fingerprint density at radius 2 is 1.96 bits per heavy atom. The average molecular weight is 386 g/mol. The molecule has 4 rings (SSSR count). The van der Waals surface area contributed by atoms with Crippen molar-refractivity contribution in [3.8, 4) is 0 Å². The van der Waals surface area contributed by atoms with Gasteiger partial charge in [-0.05, 0) is 56.9 Å². The second kappa shape index (κ2) is 6.20. The third-order valence-corrected chi connectivity index (χ3v) is 8.39. The molecule has 4 aliphatic rings. The molecule has 0 amide bonds. The van der Waals surface area contributed by atoms with Gasteiger partial charge >= 0.3 is 0 Å². The third kappa shape index (κ3) is 2.42. The Balaban J connectivity index is 1.75. The summed E-state index contributed by atoms with van der Waals surface area (Å²) in [6.07, 6.45) is 6.42. The van der Waals surface area contributed by atoms with Gasteiger partial charge in [0, 0.05) is 17.3 Å². The van der Waals surface area contributed by atoms with E-state index >= 15 is 0 Å². The summed E-state index contributed by atoms with van der Waals surface area (Å²) in [5.74, 6) is -0.480. The molecule has 152 valence electrons. The standard InChI is InChI=1S/C23H30O5/c1-13(24)10-19(26)23(28)20(27)12-18-16-5-4-14-11-15(25)6-8-21(14,2)17(16)7-9-22(18,23)3/h7,11,16,18,20,27-28H,4-6,8-10,12H2,1-3H3/t16-,18+,20-,21+,22+,23-/m1/s1. The lowest BCUT2D eigenvalue weighted by atomic mass is 9.50. The summed E-state index contributed by atoms with van der Waals surface area (Å²) in [5, 5.41) is 22.2. The summed E-state index contributed by atoms with van der Waals surface area (Å²) < 4.78 is 0. The van der Waals surface area contributed by atoms with E-state index in [2.05, 4.69) is 13.0 Å². The minimum Gasteiger partial charge on any atom is -0.390 e. The van der Waals surface area contributed by atoms with Crippen molar-refractivity contribution in [2.45, 2.75) is 77.4 Å². The van der Waals surface area contributed by atoms with Gasteiger partial charge in [0.1, 0.15) is 5.78 Å². The lowest BCUT2D eigenvalue weighted by Crippen LogP contribution is -2.59. The molecule has 0 aliphatic heterocycles. The highest BCUT2D eigenvalue weighted by molar-refractivity contribution is 6.03. The fourth-order valence-electron chi connectivity index (χ4n) is 6.74.